The van der Waals surface area contributed by atoms with Gasteiger partial charge in [-0.1, -0.05) is 84.9 Å². The number of oxazole rings is 1. The number of aromatic nitrogens is 1. The molecule has 4 aromatic carbocycles. The van der Waals surface area contributed by atoms with Crippen LogP contribution < -0.4 is 4.74 Å². The summed E-state index contributed by atoms with van der Waals surface area (Å²) in [6.07, 6.45) is 0.283. The van der Waals surface area contributed by atoms with Crippen molar-refractivity contribution >= 4 is 22.7 Å². The molecule has 0 saturated carbocycles. The standard InChI is InChI=1S/C18H15NO3.C14H14O3/c20-16(21)12-11-15-19-17(13-7-3-1-4-8-13)18(22-15)14-9-5-2-6-10-14;1-9(14(15)16)10-3-4-12-8-13(17-2)6-5-11(12)7-10/h1-10H,11-12H2,(H,20,21);3-9H,1-2H3,(H,15,16)/t;9-/m.0/s1. The van der Waals surface area contributed by atoms with Crippen LogP contribution in [0.3, 0.4) is 0 Å². The number of aryl methyl sites for hydroxylation is 1. The molecule has 1 heterocycles. The second kappa shape index (κ2) is 12.6. The van der Waals surface area contributed by atoms with Crippen LogP contribution in [0.2, 0.25) is 0 Å². The topological polar surface area (TPSA) is 110 Å². The number of benzene rings is 4. The summed E-state index contributed by atoms with van der Waals surface area (Å²) in [4.78, 5) is 26.1. The van der Waals surface area contributed by atoms with Gasteiger partial charge in [0, 0.05) is 17.5 Å². The van der Waals surface area contributed by atoms with Gasteiger partial charge >= 0.3 is 11.9 Å². The maximum atomic E-state index is 10.9. The molecule has 7 heteroatoms. The number of carbonyl (C=O) groups is 2. The summed E-state index contributed by atoms with van der Waals surface area (Å²) in [5.41, 5.74) is 3.43. The van der Waals surface area contributed by atoms with E-state index in [1.165, 1.54) is 0 Å². The molecule has 7 nitrogen and oxygen atoms in total. The van der Waals surface area contributed by atoms with Crippen molar-refractivity contribution in [3.05, 3.63) is 109 Å². The molecular weight excluding hydrogens is 494 g/mol. The molecule has 5 aromatic rings. The third-order valence-electron chi connectivity index (χ3n) is 6.25. The van der Waals surface area contributed by atoms with Crippen molar-refractivity contribution in [2.75, 3.05) is 7.11 Å². The molecule has 0 unspecified atom stereocenters. The van der Waals surface area contributed by atoms with Gasteiger partial charge in [0.2, 0.25) is 0 Å². The molecule has 0 aliphatic carbocycles. The van der Waals surface area contributed by atoms with Gasteiger partial charge in [-0.15, -0.1) is 0 Å². The monoisotopic (exact) mass is 523 g/mol. The Hall–Kier alpha value is -4.91. The first-order chi connectivity index (χ1) is 18.9. The summed E-state index contributed by atoms with van der Waals surface area (Å²) in [5, 5.41) is 19.9. The van der Waals surface area contributed by atoms with Crippen molar-refractivity contribution in [1.82, 2.24) is 4.98 Å². The molecule has 0 aliphatic heterocycles. The lowest BCUT2D eigenvalue weighted by atomic mass is 9.98. The van der Waals surface area contributed by atoms with E-state index >= 15 is 0 Å². The van der Waals surface area contributed by atoms with Gasteiger partial charge in [-0.2, -0.15) is 0 Å². The molecule has 0 radical (unpaired) electrons. The number of hydrogen-bond acceptors (Lipinski definition) is 5. The van der Waals surface area contributed by atoms with E-state index in [0.717, 1.165) is 38.9 Å². The van der Waals surface area contributed by atoms with Gasteiger partial charge in [-0.05, 0) is 35.4 Å². The Morgan fingerprint density at radius 2 is 1.46 bits per heavy atom. The molecule has 0 saturated heterocycles. The number of aliphatic carboxylic acids is 2. The van der Waals surface area contributed by atoms with Crippen molar-refractivity contribution in [3.63, 3.8) is 0 Å². The molecule has 39 heavy (non-hydrogen) atoms. The van der Waals surface area contributed by atoms with Gasteiger partial charge < -0.3 is 19.4 Å². The molecule has 0 bridgehead atoms. The van der Waals surface area contributed by atoms with Gasteiger partial charge in [0.05, 0.1) is 19.4 Å². The fraction of sp³-hybridized carbons (Fsp3) is 0.156. The van der Waals surface area contributed by atoms with Gasteiger partial charge in [-0.25, -0.2) is 4.98 Å². The molecule has 0 fully saturated rings. The van der Waals surface area contributed by atoms with E-state index in [-0.39, 0.29) is 12.8 Å². The minimum absolute atomic E-state index is 0.00295. The molecule has 198 valence electrons. The first kappa shape index (κ1) is 27.1. The van der Waals surface area contributed by atoms with E-state index < -0.39 is 17.9 Å². The normalized spacial score (nSPS) is 11.3. The van der Waals surface area contributed by atoms with E-state index in [9.17, 15) is 9.59 Å². The summed E-state index contributed by atoms with van der Waals surface area (Å²) >= 11 is 0. The number of carboxylic acid groups (broad SMARTS) is 2. The minimum atomic E-state index is -0.860. The zero-order valence-corrected chi connectivity index (χ0v) is 21.7. The minimum Gasteiger partial charge on any atom is -0.497 e. The zero-order chi connectivity index (χ0) is 27.8. The van der Waals surface area contributed by atoms with Crippen LogP contribution in [0, 0.1) is 0 Å². The fourth-order valence-electron chi connectivity index (χ4n) is 4.04. The summed E-state index contributed by atoms with van der Waals surface area (Å²) in [7, 11) is 1.63. The number of carboxylic acids is 2. The quantitative estimate of drug-likeness (QED) is 0.224. The Morgan fingerprint density at radius 1 is 0.846 bits per heavy atom. The lowest BCUT2D eigenvalue weighted by Crippen LogP contribution is -2.06. The van der Waals surface area contributed by atoms with Crippen molar-refractivity contribution in [2.45, 2.75) is 25.7 Å². The summed E-state index contributed by atoms with van der Waals surface area (Å²) in [5.74, 6) is -0.232. The largest absolute Gasteiger partial charge is 0.497 e. The molecule has 2 N–H and O–H groups in total. The van der Waals surface area contributed by atoms with Crippen molar-refractivity contribution in [1.29, 1.82) is 0 Å². The molecule has 5 rings (SSSR count). The van der Waals surface area contributed by atoms with Gasteiger partial charge in [0.15, 0.2) is 11.7 Å². The van der Waals surface area contributed by atoms with Crippen LogP contribution in [0.4, 0.5) is 0 Å². The van der Waals surface area contributed by atoms with E-state index in [1.807, 2.05) is 97.1 Å². The molecule has 1 atom stereocenters. The average molecular weight is 524 g/mol. The number of rotatable bonds is 8. The predicted molar refractivity (Wildman–Crippen MR) is 150 cm³/mol. The predicted octanol–water partition coefficient (Wildman–Crippen LogP) is 7.06. The van der Waals surface area contributed by atoms with Gasteiger partial charge in [0.25, 0.3) is 0 Å². The highest BCUT2D eigenvalue weighted by atomic mass is 16.5. The van der Waals surface area contributed by atoms with Crippen LogP contribution in [0.25, 0.3) is 33.4 Å². The summed E-state index contributed by atoms with van der Waals surface area (Å²) in [6, 6.07) is 30.9. The Kier molecular flexibility index (Phi) is 8.74. The Bertz CT molecular complexity index is 1500. The molecule has 0 amide bonds. The van der Waals surface area contributed by atoms with Gasteiger partial charge in [-0.3, -0.25) is 9.59 Å². The van der Waals surface area contributed by atoms with Crippen LogP contribution >= 0.6 is 0 Å². The van der Waals surface area contributed by atoms with Gasteiger partial charge in [0.1, 0.15) is 11.4 Å². The summed E-state index contributed by atoms with van der Waals surface area (Å²) < 4.78 is 11.0. The third kappa shape index (κ3) is 6.90. The Balaban J connectivity index is 0.000000187. The van der Waals surface area contributed by atoms with E-state index in [4.69, 9.17) is 19.4 Å². The number of fused-ring (bicyclic) bond motifs is 1. The van der Waals surface area contributed by atoms with Crippen LogP contribution in [0.5, 0.6) is 5.75 Å². The van der Waals surface area contributed by atoms with Crippen molar-refractivity contribution in [2.24, 2.45) is 0 Å². The lowest BCUT2D eigenvalue weighted by Gasteiger charge is -2.08. The van der Waals surface area contributed by atoms with Crippen LogP contribution in [0.1, 0.15) is 30.7 Å². The maximum Gasteiger partial charge on any atom is 0.310 e. The van der Waals surface area contributed by atoms with E-state index in [0.29, 0.717) is 11.7 Å². The smallest absolute Gasteiger partial charge is 0.310 e. The highest BCUT2D eigenvalue weighted by Crippen LogP contribution is 2.33. The molecule has 0 spiro atoms. The maximum absolute atomic E-state index is 10.9. The van der Waals surface area contributed by atoms with Crippen LogP contribution in [-0.2, 0) is 16.0 Å². The SMILES string of the molecule is COc1ccc2cc([C@H](C)C(=O)O)ccc2c1.O=C(O)CCc1nc(-c2ccccc2)c(-c2ccccc2)o1. The van der Waals surface area contributed by atoms with Crippen molar-refractivity contribution in [3.8, 4) is 28.3 Å². The molecular formula is C32H29NO6. The zero-order valence-electron chi connectivity index (χ0n) is 21.7. The second-order valence-electron chi connectivity index (χ2n) is 8.94. The number of methoxy groups -OCH3 is 1. The summed E-state index contributed by atoms with van der Waals surface area (Å²) in [6.45, 7) is 1.69. The van der Waals surface area contributed by atoms with Crippen LogP contribution in [-0.4, -0.2) is 34.2 Å². The average Bonchev–Trinajstić information content (AvgIpc) is 3.41. The number of nitrogens with zero attached hydrogens (tertiary/aromatic N) is 1. The fourth-order valence-corrected chi connectivity index (χ4v) is 4.04. The van der Waals surface area contributed by atoms with Crippen molar-refractivity contribution < 1.29 is 29.0 Å². The third-order valence-corrected chi connectivity index (χ3v) is 6.25. The highest BCUT2D eigenvalue weighted by Gasteiger charge is 2.17. The molecule has 0 aliphatic rings. The Labute approximate surface area is 226 Å². The Morgan fingerprint density at radius 3 is 2.08 bits per heavy atom. The first-order valence-electron chi connectivity index (χ1n) is 12.5. The number of ether oxygens (including phenoxy) is 1. The number of hydrogen-bond donors (Lipinski definition) is 2. The van der Waals surface area contributed by atoms with E-state index in [2.05, 4.69) is 4.98 Å². The second-order valence-corrected chi connectivity index (χ2v) is 8.94. The van der Waals surface area contributed by atoms with E-state index in [1.54, 1.807) is 14.0 Å². The highest BCUT2D eigenvalue weighted by molar-refractivity contribution is 5.86. The lowest BCUT2D eigenvalue weighted by molar-refractivity contribution is -0.138. The molecule has 1 aromatic heterocycles. The first-order valence-corrected chi connectivity index (χ1v) is 12.5. The van der Waals surface area contributed by atoms with Crippen LogP contribution in [0.15, 0.2) is 101 Å².